The highest BCUT2D eigenvalue weighted by Crippen LogP contribution is 2.26. The van der Waals surface area contributed by atoms with E-state index in [1.165, 1.54) is 12.1 Å². The van der Waals surface area contributed by atoms with Gasteiger partial charge in [-0.1, -0.05) is 12.1 Å². The first kappa shape index (κ1) is 18.9. The Morgan fingerprint density at radius 2 is 1.97 bits per heavy atom. The Hall–Kier alpha value is -3.46. The zero-order valence-electron chi connectivity index (χ0n) is 15.9. The first-order valence-electron chi connectivity index (χ1n) is 8.87. The molecule has 29 heavy (non-hydrogen) atoms. The molecule has 0 bridgehead atoms. The minimum atomic E-state index is -3.32. The van der Waals surface area contributed by atoms with Crippen LogP contribution in [0.4, 0.5) is 5.82 Å². The van der Waals surface area contributed by atoms with Gasteiger partial charge in [-0.05, 0) is 37.3 Å². The number of nitrogens with one attached hydrogen (secondary N) is 1. The number of fused-ring (bicyclic) bond motifs is 1. The van der Waals surface area contributed by atoms with Crippen molar-refractivity contribution in [2.24, 2.45) is 0 Å². The molecule has 4 rings (SSSR count). The summed E-state index contributed by atoms with van der Waals surface area (Å²) >= 11 is 0. The smallest absolute Gasteiger partial charge is 0.224 e. The fourth-order valence-corrected chi connectivity index (χ4v) is 3.55. The van der Waals surface area contributed by atoms with Crippen molar-refractivity contribution in [3.63, 3.8) is 0 Å². The standard InChI is InChI=1S/C20H19N5O3S/c1-14-11-18-19(21-9-10-25(18)24-14)23-13-15-5-4-8-22-20(15)28-16-6-3-7-17(12-16)29(2,26)27/h3-12H,13H2,1-2H3,(H,21,23). The summed E-state index contributed by atoms with van der Waals surface area (Å²) in [4.78, 5) is 8.87. The highest BCUT2D eigenvalue weighted by atomic mass is 32.2. The number of nitrogens with zero attached hydrogens (tertiary/aromatic N) is 4. The Labute approximate surface area is 168 Å². The zero-order chi connectivity index (χ0) is 20.4. The van der Waals surface area contributed by atoms with E-state index in [1.807, 2.05) is 25.1 Å². The molecule has 0 spiro atoms. The number of aryl methyl sites for hydroxylation is 1. The van der Waals surface area contributed by atoms with Crippen LogP contribution in [0.25, 0.3) is 5.52 Å². The lowest BCUT2D eigenvalue weighted by atomic mass is 10.2. The predicted molar refractivity (Wildman–Crippen MR) is 109 cm³/mol. The number of sulfone groups is 1. The van der Waals surface area contributed by atoms with Crippen molar-refractivity contribution in [2.75, 3.05) is 11.6 Å². The Morgan fingerprint density at radius 1 is 1.10 bits per heavy atom. The highest BCUT2D eigenvalue weighted by Gasteiger charge is 2.12. The van der Waals surface area contributed by atoms with Crippen molar-refractivity contribution in [2.45, 2.75) is 18.4 Å². The molecule has 1 N–H and O–H groups in total. The molecule has 9 heteroatoms. The van der Waals surface area contributed by atoms with Gasteiger partial charge in [-0.2, -0.15) is 5.10 Å². The summed E-state index contributed by atoms with van der Waals surface area (Å²) in [5.74, 6) is 1.49. The van der Waals surface area contributed by atoms with E-state index in [9.17, 15) is 8.42 Å². The van der Waals surface area contributed by atoms with Crippen LogP contribution in [-0.2, 0) is 16.4 Å². The average Bonchev–Trinajstić information content (AvgIpc) is 3.08. The molecule has 0 saturated carbocycles. The van der Waals surface area contributed by atoms with E-state index in [4.69, 9.17) is 4.74 Å². The molecule has 148 valence electrons. The van der Waals surface area contributed by atoms with Gasteiger partial charge < -0.3 is 10.1 Å². The number of ether oxygens (including phenoxy) is 1. The summed E-state index contributed by atoms with van der Waals surface area (Å²) in [6, 6.07) is 12.0. The molecule has 0 unspecified atom stereocenters. The van der Waals surface area contributed by atoms with Crippen LogP contribution < -0.4 is 10.1 Å². The topological polar surface area (TPSA) is 98.5 Å². The van der Waals surface area contributed by atoms with Crippen LogP contribution in [0.5, 0.6) is 11.6 Å². The van der Waals surface area contributed by atoms with Crippen molar-refractivity contribution in [3.05, 3.63) is 72.3 Å². The molecule has 3 heterocycles. The second-order valence-electron chi connectivity index (χ2n) is 6.56. The molecule has 8 nitrogen and oxygen atoms in total. The Morgan fingerprint density at radius 3 is 2.79 bits per heavy atom. The van der Waals surface area contributed by atoms with Gasteiger partial charge in [0.2, 0.25) is 5.88 Å². The minimum Gasteiger partial charge on any atom is -0.439 e. The number of rotatable bonds is 6. The molecular weight excluding hydrogens is 390 g/mol. The first-order chi connectivity index (χ1) is 13.9. The summed E-state index contributed by atoms with van der Waals surface area (Å²) in [6.45, 7) is 2.35. The van der Waals surface area contributed by atoms with Gasteiger partial charge >= 0.3 is 0 Å². The second-order valence-corrected chi connectivity index (χ2v) is 8.58. The van der Waals surface area contributed by atoms with Crippen LogP contribution in [-0.4, -0.2) is 34.3 Å². The molecule has 0 fully saturated rings. The lowest BCUT2D eigenvalue weighted by Gasteiger charge is -2.12. The summed E-state index contributed by atoms with van der Waals surface area (Å²) in [7, 11) is -3.32. The SMILES string of the molecule is Cc1cc2c(NCc3cccnc3Oc3cccc(S(C)(=O)=O)c3)nccn2n1. The molecule has 0 amide bonds. The maximum Gasteiger partial charge on any atom is 0.224 e. The van der Waals surface area contributed by atoms with Crippen LogP contribution in [0.3, 0.4) is 0 Å². The van der Waals surface area contributed by atoms with Crippen molar-refractivity contribution < 1.29 is 13.2 Å². The number of aromatic nitrogens is 4. The highest BCUT2D eigenvalue weighted by molar-refractivity contribution is 7.90. The normalized spacial score (nSPS) is 11.5. The molecule has 0 atom stereocenters. The Kier molecular flexibility index (Phi) is 4.89. The van der Waals surface area contributed by atoms with Crippen LogP contribution in [0.2, 0.25) is 0 Å². The molecule has 0 saturated heterocycles. The monoisotopic (exact) mass is 409 g/mol. The van der Waals surface area contributed by atoms with Gasteiger partial charge in [-0.25, -0.2) is 22.9 Å². The number of anilines is 1. The van der Waals surface area contributed by atoms with Crippen LogP contribution in [0.15, 0.2) is 66.0 Å². The van der Waals surface area contributed by atoms with Crippen LogP contribution in [0.1, 0.15) is 11.3 Å². The molecule has 3 aromatic heterocycles. The summed E-state index contributed by atoms with van der Waals surface area (Å²) in [5.41, 5.74) is 2.58. The number of hydrogen-bond acceptors (Lipinski definition) is 7. The zero-order valence-corrected chi connectivity index (χ0v) is 16.7. The van der Waals surface area contributed by atoms with Gasteiger partial charge in [0.15, 0.2) is 15.7 Å². The Balaban J connectivity index is 1.57. The van der Waals surface area contributed by atoms with Crippen LogP contribution in [0, 0.1) is 6.92 Å². The third-order valence-corrected chi connectivity index (χ3v) is 5.37. The van der Waals surface area contributed by atoms with E-state index in [0.717, 1.165) is 23.0 Å². The maximum atomic E-state index is 11.8. The maximum absolute atomic E-state index is 11.8. The summed E-state index contributed by atoms with van der Waals surface area (Å²) in [5, 5.41) is 7.67. The first-order valence-corrected chi connectivity index (χ1v) is 10.8. The van der Waals surface area contributed by atoms with E-state index < -0.39 is 9.84 Å². The molecule has 0 aliphatic rings. The van der Waals surface area contributed by atoms with Crippen molar-refractivity contribution in [1.82, 2.24) is 19.6 Å². The molecule has 0 aliphatic carbocycles. The van der Waals surface area contributed by atoms with Crippen molar-refractivity contribution in [1.29, 1.82) is 0 Å². The Bertz CT molecular complexity index is 1280. The van der Waals surface area contributed by atoms with Gasteiger partial charge in [-0.3, -0.25) is 0 Å². The molecular formula is C20H19N5O3S. The second kappa shape index (κ2) is 7.51. The quantitative estimate of drug-likeness (QED) is 0.522. The van der Waals surface area contributed by atoms with Crippen molar-refractivity contribution in [3.8, 4) is 11.6 Å². The molecule has 4 aromatic rings. The fourth-order valence-electron chi connectivity index (χ4n) is 2.89. The van der Waals surface area contributed by atoms with Gasteiger partial charge in [0.25, 0.3) is 0 Å². The minimum absolute atomic E-state index is 0.192. The molecule has 0 aliphatic heterocycles. The van der Waals surface area contributed by atoms with Gasteiger partial charge in [0.1, 0.15) is 11.3 Å². The van der Waals surface area contributed by atoms with E-state index in [1.54, 1.807) is 35.2 Å². The molecule has 1 aromatic carbocycles. The largest absolute Gasteiger partial charge is 0.439 e. The van der Waals surface area contributed by atoms with Gasteiger partial charge in [-0.15, -0.1) is 0 Å². The third kappa shape index (κ3) is 4.19. The third-order valence-electron chi connectivity index (χ3n) is 4.26. The van der Waals surface area contributed by atoms with Crippen LogP contribution >= 0.6 is 0 Å². The molecule has 0 radical (unpaired) electrons. The number of hydrogen-bond donors (Lipinski definition) is 1. The fraction of sp³-hybridized carbons (Fsp3) is 0.150. The van der Waals surface area contributed by atoms with E-state index >= 15 is 0 Å². The number of benzene rings is 1. The van der Waals surface area contributed by atoms with Crippen molar-refractivity contribution >= 4 is 21.2 Å². The van der Waals surface area contributed by atoms with E-state index in [2.05, 4.69) is 20.4 Å². The van der Waals surface area contributed by atoms with Gasteiger partial charge in [0.05, 0.1) is 10.6 Å². The summed E-state index contributed by atoms with van der Waals surface area (Å²) < 4.78 is 31.2. The average molecular weight is 409 g/mol. The summed E-state index contributed by atoms with van der Waals surface area (Å²) in [6.07, 6.45) is 6.26. The predicted octanol–water partition coefficient (Wildman–Crippen LogP) is 3.24. The van der Waals surface area contributed by atoms with E-state index in [0.29, 0.717) is 24.0 Å². The lowest BCUT2D eigenvalue weighted by molar-refractivity contribution is 0.455. The van der Waals surface area contributed by atoms with E-state index in [-0.39, 0.29) is 4.90 Å². The lowest BCUT2D eigenvalue weighted by Crippen LogP contribution is -2.05. The number of pyridine rings is 1. The van der Waals surface area contributed by atoms with Gasteiger partial charge in [0, 0.05) is 37.0 Å².